The monoisotopic (exact) mass is 273 g/mol. The van der Waals surface area contributed by atoms with Crippen LogP contribution >= 0.6 is 23.4 Å². The third-order valence-electron chi connectivity index (χ3n) is 2.55. The van der Waals surface area contributed by atoms with Crippen LogP contribution in [-0.4, -0.2) is 0 Å². The highest BCUT2D eigenvalue weighted by Gasteiger charge is 2.14. The number of benzene rings is 2. The zero-order valence-corrected chi connectivity index (χ0v) is 11.3. The second-order valence-corrected chi connectivity index (χ2v) is 5.46. The lowest BCUT2D eigenvalue weighted by Crippen LogP contribution is -1.93. The van der Waals surface area contributed by atoms with E-state index in [1.807, 2.05) is 54.6 Å². The molecule has 0 aliphatic carbocycles. The van der Waals surface area contributed by atoms with Crippen LogP contribution in [0.15, 0.2) is 59.5 Å². The molecule has 0 radical (unpaired) electrons. The van der Waals surface area contributed by atoms with Gasteiger partial charge < -0.3 is 0 Å². The van der Waals surface area contributed by atoms with Gasteiger partial charge in [-0.15, -0.1) is 11.8 Å². The van der Waals surface area contributed by atoms with Crippen LogP contribution in [-0.2, 0) is 0 Å². The number of halogens is 1. The summed E-state index contributed by atoms with van der Waals surface area (Å²) < 4.78 is 0. The van der Waals surface area contributed by atoms with Crippen molar-refractivity contribution in [2.24, 2.45) is 0 Å². The molecule has 0 heterocycles. The molecule has 2 aromatic rings. The van der Waals surface area contributed by atoms with Crippen LogP contribution in [0.2, 0.25) is 5.02 Å². The summed E-state index contributed by atoms with van der Waals surface area (Å²) in [6, 6.07) is 20.0. The van der Waals surface area contributed by atoms with Crippen LogP contribution in [0, 0.1) is 11.3 Å². The van der Waals surface area contributed by atoms with E-state index in [9.17, 15) is 0 Å². The summed E-state index contributed by atoms with van der Waals surface area (Å²) in [5.74, 6) is 0. The van der Waals surface area contributed by atoms with Crippen molar-refractivity contribution in [3.8, 4) is 6.07 Å². The van der Waals surface area contributed by atoms with E-state index in [1.165, 1.54) is 0 Å². The second-order valence-electron chi connectivity index (χ2n) is 3.81. The molecule has 0 bridgehead atoms. The van der Waals surface area contributed by atoms with Crippen LogP contribution in [0.1, 0.15) is 17.2 Å². The molecule has 3 heteroatoms. The van der Waals surface area contributed by atoms with Crippen molar-refractivity contribution >= 4 is 23.4 Å². The Morgan fingerprint density at radius 1 is 1.06 bits per heavy atom. The standard InChI is InChI=1S/C15H12ClNS/c16-13-8-4-5-9-15(13)18-14(10-11-17)12-6-2-1-3-7-12/h1-9,14H,10H2. The second kappa shape index (κ2) is 6.49. The summed E-state index contributed by atoms with van der Waals surface area (Å²) in [7, 11) is 0. The van der Waals surface area contributed by atoms with E-state index >= 15 is 0 Å². The summed E-state index contributed by atoms with van der Waals surface area (Å²) in [5, 5.41) is 9.81. The normalized spacial score (nSPS) is 11.8. The number of rotatable bonds is 4. The lowest BCUT2D eigenvalue weighted by atomic mass is 10.1. The Bertz CT molecular complexity index is 548. The molecule has 0 saturated carbocycles. The van der Waals surface area contributed by atoms with Gasteiger partial charge in [0.05, 0.1) is 17.5 Å². The van der Waals surface area contributed by atoms with Crippen molar-refractivity contribution in [3.05, 3.63) is 65.2 Å². The fraction of sp³-hybridized carbons (Fsp3) is 0.133. The molecule has 1 unspecified atom stereocenters. The Morgan fingerprint density at radius 3 is 2.39 bits per heavy atom. The molecule has 0 aliphatic rings. The summed E-state index contributed by atoms with van der Waals surface area (Å²) >= 11 is 7.79. The smallest absolute Gasteiger partial charge is 0.0637 e. The number of nitriles is 1. The average molecular weight is 274 g/mol. The Balaban J connectivity index is 2.23. The van der Waals surface area contributed by atoms with Gasteiger partial charge in [0.15, 0.2) is 0 Å². The minimum absolute atomic E-state index is 0.121. The van der Waals surface area contributed by atoms with Crippen LogP contribution < -0.4 is 0 Å². The van der Waals surface area contributed by atoms with Crippen molar-refractivity contribution in [1.29, 1.82) is 5.26 Å². The molecule has 0 amide bonds. The van der Waals surface area contributed by atoms with E-state index in [0.717, 1.165) is 15.5 Å². The van der Waals surface area contributed by atoms with E-state index in [4.69, 9.17) is 16.9 Å². The van der Waals surface area contributed by atoms with Crippen molar-refractivity contribution in [2.75, 3.05) is 0 Å². The Hall–Kier alpha value is -1.43. The van der Waals surface area contributed by atoms with Crippen molar-refractivity contribution in [1.82, 2.24) is 0 Å². The molecule has 0 saturated heterocycles. The van der Waals surface area contributed by atoms with Crippen molar-refractivity contribution in [2.45, 2.75) is 16.6 Å². The maximum Gasteiger partial charge on any atom is 0.0637 e. The molecule has 2 rings (SSSR count). The largest absolute Gasteiger partial charge is 0.198 e. The summed E-state index contributed by atoms with van der Waals surface area (Å²) in [4.78, 5) is 1.02. The molecule has 18 heavy (non-hydrogen) atoms. The van der Waals surface area contributed by atoms with Gasteiger partial charge in [-0.2, -0.15) is 5.26 Å². The van der Waals surface area contributed by atoms with Crippen LogP contribution in [0.5, 0.6) is 0 Å². The first kappa shape index (κ1) is 13.0. The topological polar surface area (TPSA) is 23.8 Å². The average Bonchev–Trinajstić information content (AvgIpc) is 2.42. The summed E-state index contributed by atoms with van der Waals surface area (Å²) in [6.07, 6.45) is 0.472. The van der Waals surface area contributed by atoms with Crippen LogP contribution in [0.3, 0.4) is 0 Å². The number of hydrogen-bond acceptors (Lipinski definition) is 2. The minimum atomic E-state index is 0.121. The molecular formula is C15H12ClNS. The Morgan fingerprint density at radius 2 is 1.72 bits per heavy atom. The quantitative estimate of drug-likeness (QED) is 0.725. The van der Waals surface area contributed by atoms with E-state index < -0.39 is 0 Å². The van der Waals surface area contributed by atoms with Gasteiger partial charge in [-0.1, -0.05) is 54.1 Å². The van der Waals surface area contributed by atoms with Gasteiger partial charge in [0.2, 0.25) is 0 Å². The lowest BCUT2D eigenvalue weighted by molar-refractivity contribution is 0.978. The van der Waals surface area contributed by atoms with Crippen LogP contribution in [0.4, 0.5) is 0 Å². The van der Waals surface area contributed by atoms with E-state index in [0.29, 0.717) is 6.42 Å². The molecule has 90 valence electrons. The molecule has 0 spiro atoms. The van der Waals surface area contributed by atoms with Crippen molar-refractivity contribution in [3.63, 3.8) is 0 Å². The highest BCUT2D eigenvalue weighted by atomic mass is 35.5. The van der Waals surface area contributed by atoms with Crippen LogP contribution in [0.25, 0.3) is 0 Å². The van der Waals surface area contributed by atoms with Gasteiger partial charge in [-0.05, 0) is 17.7 Å². The van der Waals surface area contributed by atoms with E-state index in [-0.39, 0.29) is 5.25 Å². The summed E-state index contributed by atoms with van der Waals surface area (Å²) in [6.45, 7) is 0. The van der Waals surface area contributed by atoms with Gasteiger partial charge in [0.25, 0.3) is 0 Å². The maximum atomic E-state index is 8.95. The maximum absolute atomic E-state index is 8.95. The first-order chi connectivity index (χ1) is 8.81. The van der Waals surface area contributed by atoms with E-state index in [2.05, 4.69) is 6.07 Å². The molecule has 1 atom stereocenters. The number of hydrogen-bond donors (Lipinski definition) is 0. The highest BCUT2D eigenvalue weighted by molar-refractivity contribution is 7.99. The Kier molecular flexibility index (Phi) is 4.69. The van der Waals surface area contributed by atoms with Gasteiger partial charge in [-0.3, -0.25) is 0 Å². The molecule has 0 N–H and O–H groups in total. The molecule has 0 aliphatic heterocycles. The minimum Gasteiger partial charge on any atom is -0.198 e. The van der Waals surface area contributed by atoms with Gasteiger partial charge in [0.1, 0.15) is 0 Å². The molecule has 0 fully saturated rings. The first-order valence-electron chi connectivity index (χ1n) is 5.64. The molecule has 1 nitrogen and oxygen atoms in total. The van der Waals surface area contributed by atoms with E-state index in [1.54, 1.807) is 11.8 Å². The summed E-state index contributed by atoms with van der Waals surface area (Å²) in [5.41, 5.74) is 1.16. The fourth-order valence-corrected chi connectivity index (χ4v) is 3.04. The highest BCUT2D eigenvalue weighted by Crippen LogP contribution is 2.40. The predicted octanol–water partition coefficient (Wildman–Crippen LogP) is 5.09. The predicted molar refractivity (Wildman–Crippen MR) is 76.7 cm³/mol. The third-order valence-corrected chi connectivity index (χ3v) is 4.33. The zero-order chi connectivity index (χ0) is 12.8. The fourth-order valence-electron chi connectivity index (χ4n) is 1.67. The number of nitrogens with zero attached hydrogens (tertiary/aromatic N) is 1. The zero-order valence-electron chi connectivity index (χ0n) is 9.71. The Labute approximate surface area is 116 Å². The van der Waals surface area contributed by atoms with Gasteiger partial charge >= 0.3 is 0 Å². The number of thioether (sulfide) groups is 1. The third kappa shape index (κ3) is 3.29. The molecule has 0 aromatic heterocycles. The molecular weight excluding hydrogens is 262 g/mol. The van der Waals surface area contributed by atoms with Crippen molar-refractivity contribution < 1.29 is 0 Å². The lowest BCUT2D eigenvalue weighted by Gasteiger charge is -2.14. The van der Waals surface area contributed by atoms with Gasteiger partial charge in [0, 0.05) is 10.1 Å². The van der Waals surface area contributed by atoms with Gasteiger partial charge in [-0.25, -0.2) is 0 Å². The first-order valence-corrected chi connectivity index (χ1v) is 6.90. The SMILES string of the molecule is N#CCC(Sc1ccccc1Cl)c1ccccc1. The molecule has 2 aromatic carbocycles.